The van der Waals surface area contributed by atoms with Gasteiger partial charge in [-0.05, 0) is 37.6 Å². The minimum absolute atomic E-state index is 0.202. The van der Waals surface area contributed by atoms with Gasteiger partial charge < -0.3 is 9.84 Å². The smallest absolute Gasteiger partial charge is 0.406 e. The van der Waals surface area contributed by atoms with E-state index in [9.17, 15) is 26.7 Å². The van der Waals surface area contributed by atoms with E-state index in [1.165, 1.54) is 6.92 Å². The molecule has 1 rings (SSSR count). The number of halogens is 3. The van der Waals surface area contributed by atoms with E-state index in [0.29, 0.717) is 6.42 Å². The highest BCUT2D eigenvalue weighted by atomic mass is 32.2. The van der Waals surface area contributed by atoms with Crippen LogP contribution in [0.15, 0.2) is 29.2 Å². The molecule has 0 aliphatic rings. The molecule has 0 spiro atoms. The predicted molar refractivity (Wildman–Crippen MR) is 69.2 cm³/mol. The monoisotopic (exact) mass is 327 g/mol. The van der Waals surface area contributed by atoms with Gasteiger partial charge in [0, 0.05) is 6.54 Å². The summed E-state index contributed by atoms with van der Waals surface area (Å²) in [4.78, 5) is -0.219. The largest absolute Gasteiger partial charge is 0.573 e. The number of benzene rings is 1. The molecule has 1 atom stereocenters. The van der Waals surface area contributed by atoms with Gasteiger partial charge in [-0.1, -0.05) is 6.92 Å². The molecule has 0 aliphatic heterocycles. The van der Waals surface area contributed by atoms with Crippen molar-refractivity contribution in [2.45, 2.75) is 37.1 Å². The van der Waals surface area contributed by atoms with Crippen molar-refractivity contribution in [2.75, 3.05) is 6.54 Å². The lowest BCUT2D eigenvalue weighted by molar-refractivity contribution is -0.274. The number of ether oxygens (including phenoxy) is 1. The van der Waals surface area contributed by atoms with E-state index in [-0.39, 0.29) is 11.4 Å². The fourth-order valence-electron chi connectivity index (χ4n) is 1.28. The topological polar surface area (TPSA) is 75.6 Å². The Hall–Kier alpha value is -1.32. The number of sulfonamides is 1. The molecule has 0 radical (unpaired) electrons. The quantitative estimate of drug-likeness (QED) is 0.838. The fraction of sp³-hybridized carbons (Fsp3) is 0.500. The Balaban J connectivity index is 2.81. The molecule has 0 aliphatic carbocycles. The first-order valence-electron chi connectivity index (χ1n) is 6.03. The number of hydrogen-bond donors (Lipinski definition) is 2. The molecule has 1 aromatic rings. The molecule has 2 N–H and O–H groups in total. The second-order valence-corrected chi connectivity index (χ2v) is 6.46. The molecule has 1 aromatic carbocycles. The van der Waals surface area contributed by atoms with Gasteiger partial charge >= 0.3 is 6.36 Å². The second-order valence-electron chi connectivity index (χ2n) is 4.69. The van der Waals surface area contributed by atoms with Gasteiger partial charge in [-0.15, -0.1) is 13.2 Å². The highest BCUT2D eigenvalue weighted by molar-refractivity contribution is 7.89. The molecule has 120 valence electrons. The molecule has 0 bridgehead atoms. The average molecular weight is 327 g/mol. The Morgan fingerprint density at radius 2 is 1.76 bits per heavy atom. The van der Waals surface area contributed by atoms with E-state index in [1.807, 2.05) is 0 Å². The zero-order valence-corrected chi connectivity index (χ0v) is 12.3. The van der Waals surface area contributed by atoms with Crippen molar-refractivity contribution < 1.29 is 31.4 Å². The molecule has 0 heterocycles. The zero-order valence-electron chi connectivity index (χ0n) is 11.4. The molecule has 0 saturated carbocycles. The molecular formula is C12H16F3NO4S. The van der Waals surface area contributed by atoms with Crippen LogP contribution in [-0.2, 0) is 10.0 Å². The lowest BCUT2D eigenvalue weighted by Crippen LogP contribution is -2.40. The minimum atomic E-state index is -4.83. The van der Waals surface area contributed by atoms with E-state index < -0.39 is 27.7 Å². The maximum absolute atomic E-state index is 12.0. The number of rotatable bonds is 6. The molecule has 1 unspecified atom stereocenters. The van der Waals surface area contributed by atoms with Crippen molar-refractivity contribution in [3.05, 3.63) is 24.3 Å². The van der Waals surface area contributed by atoms with E-state index >= 15 is 0 Å². The van der Waals surface area contributed by atoms with Crippen LogP contribution in [0.5, 0.6) is 5.75 Å². The highest BCUT2D eigenvalue weighted by Gasteiger charge is 2.31. The minimum Gasteiger partial charge on any atom is -0.406 e. The Morgan fingerprint density at radius 1 is 1.24 bits per heavy atom. The van der Waals surface area contributed by atoms with Gasteiger partial charge in [0.2, 0.25) is 10.0 Å². The zero-order chi connectivity index (χ0) is 16.3. The van der Waals surface area contributed by atoms with Gasteiger partial charge in [0.15, 0.2) is 0 Å². The summed E-state index contributed by atoms with van der Waals surface area (Å²) >= 11 is 0. The number of hydrogen-bond acceptors (Lipinski definition) is 4. The van der Waals surface area contributed by atoms with Crippen LogP contribution >= 0.6 is 0 Å². The highest BCUT2D eigenvalue weighted by Crippen LogP contribution is 2.23. The molecule has 21 heavy (non-hydrogen) atoms. The van der Waals surface area contributed by atoms with Crippen LogP contribution in [0.2, 0.25) is 0 Å². The molecule has 5 nitrogen and oxygen atoms in total. The van der Waals surface area contributed by atoms with Crippen LogP contribution in [0, 0.1) is 0 Å². The summed E-state index contributed by atoms with van der Waals surface area (Å²) in [7, 11) is -3.91. The Kier molecular flexibility index (Phi) is 5.24. The standard InChI is InChI=1S/C12H16F3NO4S/c1-3-11(2,17)8-16-21(18,19)10-6-4-9(5-7-10)20-12(13,14)15/h4-7,16-17H,3,8H2,1-2H3. The Morgan fingerprint density at radius 3 is 2.19 bits per heavy atom. The van der Waals surface area contributed by atoms with Crippen LogP contribution in [0.1, 0.15) is 20.3 Å². The normalized spacial score (nSPS) is 15.5. The average Bonchev–Trinajstić information content (AvgIpc) is 2.35. The second kappa shape index (κ2) is 6.20. The van der Waals surface area contributed by atoms with Crippen LogP contribution in [-0.4, -0.2) is 32.0 Å². The third kappa shape index (κ3) is 5.90. The van der Waals surface area contributed by atoms with Gasteiger partial charge in [0.05, 0.1) is 10.5 Å². The van der Waals surface area contributed by atoms with Crippen molar-refractivity contribution in [1.29, 1.82) is 0 Å². The first kappa shape index (κ1) is 17.7. The van der Waals surface area contributed by atoms with Gasteiger partial charge in [0.1, 0.15) is 5.75 Å². The summed E-state index contributed by atoms with van der Waals surface area (Å²) in [6.07, 6.45) is -4.49. The van der Waals surface area contributed by atoms with E-state index in [0.717, 1.165) is 24.3 Å². The van der Waals surface area contributed by atoms with Crippen LogP contribution in [0.4, 0.5) is 13.2 Å². The maximum Gasteiger partial charge on any atom is 0.573 e. The molecule has 0 saturated heterocycles. The van der Waals surface area contributed by atoms with Crippen molar-refractivity contribution in [2.24, 2.45) is 0 Å². The van der Waals surface area contributed by atoms with E-state index in [1.54, 1.807) is 6.92 Å². The van der Waals surface area contributed by atoms with Crippen LogP contribution in [0.3, 0.4) is 0 Å². The lowest BCUT2D eigenvalue weighted by Gasteiger charge is -2.21. The molecular weight excluding hydrogens is 311 g/mol. The van der Waals surface area contributed by atoms with Gasteiger partial charge in [-0.3, -0.25) is 0 Å². The predicted octanol–water partition coefficient (Wildman–Crippen LogP) is 2.02. The lowest BCUT2D eigenvalue weighted by atomic mass is 10.1. The summed E-state index contributed by atoms with van der Waals surface area (Å²) in [6.45, 7) is 2.96. The first-order chi connectivity index (χ1) is 9.45. The maximum atomic E-state index is 12.0. The van der Waals surface area contributed by atoms with Gasteiger partial charge in [-0.25, -0.2) is 13.1 Å². The first-order valence-corrected chi connectivity index (χ1v) is 7.51. The third-order valence-corrected chi connectivity index (χ3v) is 4.19. The van der Waals surface area contributed by atoms with Crippen LogP contribution in [0.25, 0.3) is 0 Å². The van der Waals surface area contributed by atoms with Crippen molar-refractivity contribution in [1.82, 2.24) is 4.72 Å². The summed E-state index contributed by atoms with van der Waals surface area (Å²) in [5.74, 6) is -0.512. The summed E-state index contributed by atoms with van der Waals surface area (Å²) in [5, 5.41) is 9.73. The number of nitrogens with one attached hydrogen (secondary N) is 1. The van der Waals surface area contributed by atoms with Crippen LogP contribution < -0.4 is 9.46 Å². The van der Waals surface area contributed by atoms with Gasteiger partial charge in [0.25, 0.3) is 0 Å². The van der Waals surface area contributed by atoms with E-state index in [2.05, 4.69) is 9.46 Å². The van der Waals surface area contributed by atoms with Gasteiger partial charge in [-0.2, -0.15) is 0 Å². The van der Waals surface area contributed by atoms with Crippen molar-refractivity contribution in [3.63, 3.8) is 0 Å². The molecule has 0 amide bonds. The Bertz CT molecular complexity index is 567. The van der Waals surface area contributed by atoms with E-state index in [4.69, 9.17) is 0 Å². The molecule has 9 heteroatoms. The number of alkyl halides is 3. The SMILES string of the molecule is CCC(C)(O)CNS(=O)(=O)c1ccc(OC(F)(F)F)cc1. The fourth-order valence-corrected chi connectivity index (χ4v) is 2.44. The molecule has 0 aromatic heterocycles. The molecule has 0 fully saturated rings. The summed E-state index contributed by atoms with van der Waals surface area (Å²) in [6, 6.07) is 3.79. The summed E-state index contributed by atoms with van der Waals surface area (Å²) < 4.78 is 65.6. The van der Waals surface area contributed by atoms with Crippen molar-refractivity contribution in [3.8, 4) is 5.75 Å². The number of aliphatic hydroxyl groups is 1. The summed E-state index contributed by atoms with van der Waals surface area (Å²) in [5.41, 5.74) is -1.20. The third-order valence-electron chi connectivity index (χ3n) is 2.77. The van der Waals surface area contributed by atoms with Crippen molar-refractivity contribution >= 4 is 10.0 Å². The Labute approximate surface area is 120 Å².